The molecule has 0 spiro atoms. The zero-order valence-electron chi connectivity index (χ0n) is 16.4. The summed E-state index contributed by atoms with van der Waals surface area (Å²) in [5.74, 6) is -0.195. The fourth-order valence-electron chi connectivity index (χ4n) is 3.02. The van der Waals surface area contributed by atoms with Gasteiger partial charge in [-0.25, -0.2) is 4.98 Å². The van der Waals surface area contributed by atoms with E-state index in [1.807, 2.05) is 36.4 Å². The maximum Gasteiger partial charge on any atom is 0.266 e. The number of nitrogens with zero attached hydrogens (tertiary/aromatic N) is 2. The van der Waals surface area contributed by atoms with Crippen LogP contribution in [0.5, 0.6) is 0 Å². The van der Waals surface area contributed by atoms with Gasteiger partial charge in [-0.3, -0.25) is 14.2 Å². The van der Waals surface area contributed by atoms with E-state index < -0.39 is 5.25 Å². The van der Waals surface area contributed by atoms with E-state index in [0.717, 1.165) is 0 Å². The number of rotatable bonds is 5. The summed E-state index contributed by atoms with van der Waals surface area (Å²) in [7, 11) is 0. The number of thioether (sulfide) groups is 1. The number of aromatic nitrogens is 2. The van der Waals surface area contributed by atoms with Crippen molar-refractivity contribution in [2.75, 3.05) is 5.32 Å². The van der Waals surface area contributed by atoms with Crippen LogP contribution in [0.3, 0.4) is 0 Å². The van der Waals surface area contributed by atoms with E-state index >= 15 is 0 Å². The summed E-state index contributed by atoms with van der Waals surface area (Å²) in [5.41, 5.74) is 1.54. The normalized spacial score (nSPS) is 12.0. The molecule has 4 aromatic rings. The molecular weight excluding hydrogens is 453 g/mol. The minimum Gasteiger partial charge on any atom is -0.325 e. The van der Waals surface area contributed by atoms with Crippen molar-refractivity contribution in [3.63, 3.8) is 0 Å². The summed E-state index contributed by atoms with van der Waals surface area (Å²) in [6.45, 7) is 1.77. The summed E-state index contributed by atoms with van der Waals surface area (Å²) in [5, 5.41) is 3.93. The van der Waals surface area contributed by atoms with Crippen LogP contribution in [0.2, 0.25) is 10.0 Å². The Kier molecular flexibility index (Phi) is 6.32. The molecule has 5 nitrogen and oxygen atoms in total. The second kappa shape index (κ2) is 9.14. The standard InChI is InChI=1S/C23H17Cl2N3O2S/c1-14(21(29)26-15-7-3-2-4-8-15)31-23-27-20-10-6-5-9-17(20)22(30)28(23)16-11-12-18(24)19(25)13-16/h2-14H,1H3,(H,26,29). The summed E-state index contributed by atoms with van der Waals surface area (Å²) in [6.07, 6.45) is 0. The van der Waals surface area contributed by atoms with Gasteiger partial charge < -0.3 is 5.32 Å². The highest BCUT2D eigenvalue weighted by atomic mass is 35.5. The second-order valence-corrected chi connectivity index (χ2v) is 8.89. The molecule has 1 amide bonds. The number of carbonyl (C=O) groups is 1. The number of fused-ring (bicyclic) bond motifs is 1. The average Bonchev–Trinajstić information content (AvgIpc) is 2.77. The molecular formula is C23H17Cl2N3O2S. The van der Waals surface area contributed by atoms with Crippen molar-refractivity contribution in [1.29, 1.82) is 0 Å². The van der Waals surface area contributed by atoms with Crippen LogP contribution in [-0.2, 0) is 4.79 Å². The van der Waals surface area contributed by atoms with E-state index in [1.165, 1.54) is 16.3 Å². The number of halogens is 2. The molecule has 0 aliphatic heterocycles. The molecule has 0 saturated heterocycles. The fourth-order valence-corrected chi connectivity index (χ4v) is 4.24. The topological polar surface area (TPSA) is 64.0 Å². The first-order valence-corrected chi connectivity index (χ1v) is 11.1. The maximum absolute atomic E-state index is 13.3. The predicted octanol–water partition coefficient (Wildman–Crippen LogP) is 5.81. The van der Waals surface area contributed by atoms with Crippen molar-refractivity contribution in [3.8, 4) is 5.69 Å². The molecule has 4 rings (SSSR count). The third kappa shape index (κ3) is 4.61. The van der Waals surface area contributed by atoms with Gasteiger partial charge in [0.15, 0.2) is 5.16 Å². The number of carbonyl (C=O) groups excluding carboxylic acids is 1. The lowest BCUT2D eigenvalue weighted by atomic mass is 10.2. The molecule has 1 N–H and O–H groups in total. The smallest absolute Gasteiger partial charge is 0.266 e. The van der Waals surface area contributed by atoms with E-state index in [1.54, 1.807) is 43.3 Å². The average molecular weight is 470 g/mol. The van der Waals surface area contributed by atoms with Gasteiger partial charge in [0.2, 0.25) is 5.91 Å². The van der Waals surface area contributed by atoms with E-state index in [9.17, 15) is 9.59 Å². The number of hydrogen-bond acceptors (Lipinski definition) is 4. The van der Waals surface area contributed by atoms with Gasteiger partial charge in [-0.1, -0.05) is 65.3 Å². The van der Waals surface area contributed by atoms with Gasteiger partial charge in [0.05, 0.1) is 31.9 Å². The maximum atomic E-state index is 13.3. The highest BCUT2D eigenvalue weighted by molar-refractivity contribution is 8.00. The lowest BCUT2D eigenvalue weighted by Gasteiger charge is -2.17. The van der Waals surface area contributed by atoms with Gasteiger partial charge in [-0.15, -0.1) is 0 Å². The molecule has 31 heavy (non-hydrogen) atoms. The van der Waals surface area contributed by atoms with Crippen LogP contribution in [0.4, 0.5) is 5.69 Å². The lowest BCUT2D eigenvalue weighted by Crippen LogP contribution is -2.26. The number of nitrogens with one attached hydrogen (secondary N) is 1. The monoisotopic (exact) mass is 469 g/mol. The quantitative estimate of drug-likeness (QED) is 0.295. The van der Waals surface area contributed by atoms with Crippen LogP contribution in [0.1, 0.15) is 6.92 Å². The molecule has 8 heteroatoms. The number of anilines is 1. The fraction of sp³-hybridized carbons (Fsp3) is 0.0870. The van der Waals surface area contributed by atoms with E-state index in [-0.39, 0.29) is 11.5 Å². The van der Waals surface area contributed by atoms with Gasteiger partial charge in [-0.2, -0.15) is 0 Å². The minimum absolute atomic E-state index is 0.195. The molecule has 1 aromatic heterocycles. The summed E-state index contributed by atoms with van der Waals surface area (Å²) >= 11 is 13.4. The second-order valence-electron chi connectivity index (χ2n) is 6.77. The van der Waals surface area contributed by atoms with E-state index in [4.69, 9.17) is 23.2 Å². The van der Waals surface area contributed by atoms with E-state index in [2.05, 4.69) is 10.3 Å². The Hall–Kier alpha value is -2.80. The van der Waals surface area contributed by atoms with Gasteiger partial charge in [0, 0.05) is 5.69 Å². The first kappa shape index (κ1) is 21.4. The SMILES string of the molecule is CC(Sc1nc2ccccc2c(=O)n1-c1ccc(Cl)c(Cl)c1)C(=O)Nc1ccccc1. The lowest BCUT2D eigenvalue weighted by molar-refractivity contribution is -0.115. The summed E-state index contributed by atoms with van der Waals surface area (Å²) < 4.78 is 1.46. The summed E-state index contributed by atoms with van der Waals surface area (Å²) in [4.78, 5) is 30.7. The van der Waals surface area contributed by atoms with Crippen molar-refractivity contribution in [2.45, 2.75) is 17.3 Å². The third-order valence-corrected chi connectivity index (χ3v) is 6.39. The molecule has 1 atom stereocenters. The van der Waals surface area contributed by atoms with Crippen molar-refractivity contribution in [1.82, 2.24) is 9.55 Å². The van der Waals surface area contributed by atoms with Crippen LogP contribution in [0.15, 0.2) is 82.7 Å². The van der Waals surface area contributed by atoms with E-state index in [0.29, 0.717) is 37.5 Å². The molecule has 0 fully saturated rings. The summed E-state index contributed by atoms with van der Waals surface area (Å²) in [6, 6.07) is 21.2. The van der Waals surface area contributed by atoms with Crippen molar-refractivity contribution in [2.24, 2.45) is 0 Å². The van der Waals surface area contributed by atoms with Crippen molar-refractivity contribution in [3.05, 3.63) is 93.2 Å². The molecule has 0 saturated carbocycles. The van der Waals surface area contributed by atoms with Crippen LogP contribution in [-0.4, -0.2) is 20.7 Å². The molecule has 0 bridgehead atoms. The van der Waals surface area contributed by atoms with Gasteiger partial charge >= 0.3 is 0 Å². The molecule has 1 heterocycles. The predicted molar refractivity (Wildman–Crippen MR) is 128 cm³/mol. The number of benzene rings is 3. The van der Waals surface area contributed by atoms with Crippen molar-refractivity contribution < 1.29 is 4.79 Å². The molecule has 3 aromatic carbocycles. The molecule has 0 aliphatic rings. The van der Waals surface area contributed by atoms with Crippen LogP contribution in [0, 0.1) is 0 Å². The Morgan fingerprint density at radius 1 is 1.00 bits per heavy atom. The number of para-hydroxylation sites is 2. The highest BCUT2D eigenvalue weighted by Crippen LogP contribution is 2.29. The van der Waals surface area contributed by atoms with Gasteiger partial charge in [-0.05, 0) is 49.4 Å². The minimum atomic E-state index is -0.512. The third-order valence-electron chi connectivity index (χ3n) is 4.60. The number of amides is 1. The Bertz CT molecular complexity index is 1330. The molecule has 1 unspecified atom stereocenters. The van der Waals surface area contributed by atoms with Crippen LogP contribution < -0.4 is 10.9 Å². The Morgan fingerprint density at radius 3 is 2.45 bits per heavy atom. The van der Waals surface area contributed by atoms with Crippen LogP contribution in [0.25, 0.3) is 16.6 Å². The first-order valence-electron chi connectivity index (χ1n) is 9.44. The zero-order valence-corrected chi connectivity index (χ0v) is 18.7. The van der Waals surface area contributed by atoms with Gasteiger partial charge in [0.25, 0.3) is 5.56 Å². The number of hydrogen-bond donors (Lipinski definition) is 1. The highest BCUT2D eigenvalue weighted by Gasteiger charge is 2.21. The Balaban J connectivity index is 1.76. The largest absolute Gasteiger partial charge is 0.325 e. The van der Waals surface area contributed by atoms with Crippen LogP contribution >= 0.6 is 35.0 Å². The molecule has 0 aliphatic carbocycles. The zero-order chi connectivity index (χ0) is 22.0. The van der Waals surface area contributed by atoms with Gasteiger partial charge in [0.1, 0.15) is 0 Å². The van der Waals surface area contributed by atoms with Crippen molar-refractivity contribution >= 4 is 57.5 Å². The Morgan fingerprint density at radius 2 is 1.71 bits per heavy atom. The molecule has 0 radical (unpaired) electrons. The molecule has 156 valence electrons. The Labute approximate surface area is 193 Å². The first-order chi connectivity index (χ1) is 14.9.